The van der Waals surface area contributed by atoms with E-state index in [0.29, 0.717) is 17.5 Å². The summed E-state index contributed by atoms with van der Waals surface area (Å²) >= 11 is 0. The molecule has 0 saturated carbocycles. The van der Waals surface area contributed by atoms with Gasteiger partial charge in [-0.15, -0.1) is 11.7 Å². The molecule has 3 saturated heterocycles. The second-order valence-electron chi connectivity index (χ2n) is 11.9. The zero-order valence-corrected chi connectivity index (χ0v) is 24.6. The Kier molecular flexibility index (Phi) is 7.34. The number of aliphatic hydroxyl groups is 1. The fraction of sp³-hybridized carbons (Fsp3) is 0.469. The largest absolute Gasteiger partial charge is 0.466 e. The van der Waals surface area contributed by atoms with Crippen LogP contribution in [0.15, 0.2) is 67.3 Å². The van der Waals surface area contributed by atoms with Crippen molar-refractivity contribution in [1.82, 2.24) is 24.8 Å². The maximum atomic E-state index is 14.9. The van der Waals surface area contributed by atoms with Crippen molar-refractivity contribution in [3.8, 4) is 0 Å². The van der Waals surface area contributed by atoms with Crippen LogP contribution in [0.3, 0.4) is 0 Å². The van der Waals surface area contributed by atoms with Crippen molar-refractivity contribution in [3.63, 3.8) is 0 Å². The second kappa shape index (κ2) is 10.9. The summed E-state index contributed by atoms with van der Waals surface area (Å²) in [5.74, 6) is -3.28. The average Bonchev–Trinajstić information content (AvgIpc) is 3.67. The number of ether oxygens (including phenoxy) is 2. The fourth-order valence-electron chi connectivity index (χ4n) is 7.64. The highest BCUT2D eigenvalue weighted by molar-refractivity contribution is 5.99. The molecule has 11 nitrogen and oxygen atoms in total. The SMILES string of the molecule is C=CCN(Cn1nnc2ccccc21)C(=O)C1N([C@H](CO)c2ccccc2)C(=O)[C@@H]2[C@@H](C(=O)OCC)[C@]3(C)OC12CC3C. The Morgan fingerprint density at radius 1 is 1.23 bits per heavy atom. The number of carbonyl (C=O) groups excluding carboxylic acids is 3. The van der Waals surface area contributed by atoms with Gasteiger partial charge in [-0.1, -0.05) is 60.7 Å². The Balaban J connectivity index is 1.48. The van der Waals surface area contributed by atoms with E-state index in [-0.39, 0.29) is 31.6 Å². The lowest BCUT2D eigenvalue weighted by Gasteiger charge is -2.39. The molecule has 3 aliphatic heterocycles. The molecule has 1 aromatic heterocycles. The lowest BCUT2D eigenvalue weighted by molar-refractivity contribution is -0.163. The number of nitrogens with zero attached hydrogens (tertiary/aromatic N) is 5. The van der Waals surface area contributed by atoms with Crippen LogP contribution in [0.5, 0.6) is 0 Å². The summed E-state index contributed by atoms with van der Waals surface area (Å²) in [5.41, 5.74) is -0.188. The van der Waals surface area contributed by atoms with Crippen LogP contribution >= 0.6 is 0 Å². The molecule has 3 unspecified atom stereocenters. The van der Waals surface area contributed by atoms with Crippen LogP contribution in [-0.2, 0) is 30.5 Å². The molecule has 2 amide bonds. The Bertz CT molecular complexity index is 1560. The summed E-state index contributed by atoms with van der Waals surface area (Å²) in [4.78, 5) is 46.0. The van der Waals surface area contributed by atoms with Gasteiger partial charge in [0.15, 0.2) is 0 Å². The van der Waals surface area contributed by atoms with E-state index in [9.17, 15) is 19.5 Å². The van der Waals surface area contributed by atoms with E-state index < -0.39 is 53.6 Å². The molecule has 0 aliphatic carbocycles. The van der Waals surface area contributed by atoms with Crippen molar-refractivity contribution in [2.24, 2.45) is 17.8 Å². The Morgan fingerprint density at radius 3 is 2.65 bits per heavy atom. The highest BCUT2D eigenvalue weighted by Gasteiger charge is 2.80. The van der Waals surface area contributed by atoms with Crippen LogP contribution in [-0.4, -0.2) is 84.7 Å². The molecular formula is C32H37N5O6. The number of hydrogen-bond donors (Lipinski definition) is 1. The number of carbonyl (C=O) groups is 3. The van der Waals surface area contributed by atoms with Gasteiger partial charge >= 0.3 is 5.97 Å². The van der Waals surface area contributed by atoms with E-state index >= 15 is 0 Å². The zero-order valence-electron chi connectivity index (χ0n) is 24.6. The van der Waals surface area contributed by atoms with Crippen LogP contribution in [0.25, 0.3) is 11.0 Å². The molecule has 7 atom stereocenters. The summed E-state index contributed by atoms with van der Waals surface area (Å²) in [7, 11) is 0. The average molecular weight is 588 g/mol. The first kappa shape index (κ1) is 29.0. The van der Waals surface area contributed by atoms with Gasteiger partial charge in [0.1, 0.15) is 29.7 Å². The maximum Gasteiger partial charge on any atom is 0.312 e. The Morgan fingerprint density at radius 2 is 1.95 bits per heavy atom. The van der Waals surface area contributed by atoms with Crippen molar-refractivity contribution >= 4 is 28.8 Å². The van der Waals surface area contributed by atoms with Crippen LogP contribution in [0.4, 0.5) is 0 Å². The van der Waals surface area contributed by atoms with Crippen molar-refractivity contribution in [2.75, 3.05) is 19.8 Å². The van der Waals surface area contributed by atoms with E-state index in [4.69, 9.17) is 9.47 Å². The number of hydrogen-bond acceptors (Lipinski definition) is 8. The third kappa shape index (κ3) is 4.28. The van der Waals surface area contributed by atoms with Gasteiger partial charge in [0.2, 0.25) is 11.8 Å². The molecule has 6 rings (SSSR count). The Hall–Kier alpha value is -4.09. The minimum absolute atomic E-state index is 0.0495. The van der Waals surface area contributed by atoms with Gasteiger partial charge in [-0.3, -0.25) is 14.4 Å². The molecule has 1 N–H and O–H groups in total. The highest BCUT2D eigenvalue weighted by Crippen LogP contribution is 2.66. The summed E-state index contributed by atoms with van der Waals surface area (Å²) < 4.78 is 13.9. The van der Waals surface area contributed by atoms with Gasteiger partial charge in [-0.25, -0.2) is 4.68 Å². The molecule has 3 fully saturated rings. The normalized spacial score (nSPS) is 30.0. The van der Waals surface area contributed by atoms with Gasteiger partial charge in [0.05, 0.1) is 36.3 Å². The quantitative estimate of drug-likeness (QED) is 0.283. The standard InChI is InChI=1S/C32H37N5O6/c1-5-16-35(19-36-23-15-11-10-14-22(23)33-34-36)29(40)27-32-17-20(3)31(4,43-32)26(30(41)42-6-2)25(32)28(39)37(27)24(18-38)21-12-8-7-9-13-21/h5,7-15,20,24-27,38H,1,6,16-19H2,2-4H3/t20?,24-,25+,26+,27?,31-,32?/m1/s1. The van der Waals surface area contributed by atoms with Crippen molar-refractivity contribution in [1.29, 1.82) is 0 Å². The number of para-hydroxylation sites is 1. The number of aromatic nitrogens is 3. The molecule has 1 spiro atoms. The summed E-state index contributed by atoms with van der Waals surface area (Å²) in [6.45, 7) is 9.36. The van der Waals surface area contributed by atoms with E-state index in [0.717, 1.165) is 5.52 Å². The second-order valence-corrected chi connectivity index (χ2v) is 11.9. The van der Waals surface area contributed by atoms with Gasteiger partial charge < -0.3 is 24.4 Å². The van der Waals surface area contributed by atoms with Crippen LogP contribution in [0, 0.1) is 17.8 Å². The first-order chi connectivity index (χ1) is 20.7. The molecule has 4 heterocycles. The minimum atomic E-state index is -1.30. The number of likely N-dealkylation sites (tertiary alicyclic amines) is 1. The Labute approximate surface area is 250 Å². The molecule has 3 aromatic rings. The monoisotopic (exact) mass is 587 g/mol. The molecule has 0 radical (unpaired) electrons. The predicted octanol–water partition coefficient (Wildman–Crippen LogP) is 2.71. The minimum Gasteiger partial charge on any atom is -0.466 e. The smallest absolute Gasteiger partial charge is 0.312 e. The third-order valence-corrected chi connectivity index (χ3v) is 9.61. The molecular weight excluding hydrogens is 550 g/mol. The van der Waals surface area contributed by atoms with Crippen molar-refractivity contribution < 1.29 is 29.0 Å². The van der Waals surface area contributed by atoms with Crippen LogP contribution in [0.1, 0.15) is 38.8 Å². The maximum absolute atomic E-state index is 14.9. The van der Waals surface area contributed by atoms with Gasteiger partial charge in [0, 0.05) is 6.54 Å². The number of benzene rings is 2. The first-order valence-corrected chi connectivity index (χ1v) is 14.7. The van der Waals surface area contributed by atoms with Crippen LogP contribution in [0.2, 0.25) is 0 Å². The topological polar surface area (TPSA) is 127 Å². The first-order valence-electron chi connectivity index (χ1n) is 14.7. The summed E-state index contributed by atoms with van der Waals surface area (Å²) in [5, 5.41) is 19.2. The lowest BCUT2D eigenvalue weighted by Crippen LogP contribution is -2.57. The molecule has 11 heteroatoms. The summed E-state index contributed by atoms with van der Waals surface area (Å²) in [6, 6.07) is 14.6. The van der Waals surface area contributed by atoms with E-state index in [1.54, 1.807) is 22.6 Å². The zero-order chi connectivity index (χ0) is 30.5. The van der Waals surface area contributed by atoms with E-state index in [2.05, 4.69) is 16.9 Å². The van der Waals surface area contributed by atoms with Gasteiger partial charge in [-0.2, -0.15) is 0 Å². The fourth-order valence-corrected chi connectivity index (χ4v) is 7.64. The third-order valence-electron chi connectivity index (χ3n) is 9.61. The van der Waals surface area contributed by atoms with E-state index in [1.807, 2.05) is 68.4 Å². The molecule has 3 aliphatic rings. The van der Waals surface area contributed by atoms with Gasteiger partial charge in [-0.05, 0) is 43.9 Å². The number of amides is 2. The lowest BCUT2D eigenvalue weighted by atomic mass is 9.62. The van der Waals surface area contributed by atoms with E-state index in [1.165, 1.54) is 4.90 Å². The number of aliphatic hydroxyl groups excluding tert-OH is 1. The van der Waals surface area contributed by atoms with Crippen molar-refractivity contribution in [3.05, 3.63) is 72.8 Å². The number of fused-ring (bicyclic) bond motifs is 2. The highest BCUT2D eigenvalue weighted by atomic mass is 16.6. The predicted molar refractivity (Wildman–Crippen MR) is 156 cm³/mol. The number of esters is 1. The summed E-state index contributed by atoms with van der Waals surface area (Å²) in [6.07, 6.45) is 2.01. The molecule has 226 valence electrons. The molecule has 2 bridgehead atoms. The molecule has 43 heavy (non-hydrogen) atoms. The van der Waals surface area contributed by atoms with Gasteiger partial charge in [0.25, 0.3) is 0 Å². The van der Waals surface area contributed by atoms with Crippen molar-refractivity contribution in [2.45, 2.75) is 57.1 Å². The number of rotatable bonds is 10. The van der Waals surface area contributed by atoms with Crippen LogP contribution < -0.4 is 0 Å². The molecule has 2 aromatic carbocycles.